The van der Waals surface area contributed by atoms with Crippen molar-refractivity contribution in [3.8, 4) is 0 Å². The van der Waals surface area contributed by atoms with Crippen LogP contribution in [0.3, 0.4) is 0 Å². The third kappa shape index (κ3) is 4.87. The molecular formula is C19H27ClN4O2. The predicted octanol–water partition coefficient (Wildman–Crippen LogP) is 2.46. The molecule has 1 aromatic rings. The molecule has 1 unspecified atom stereocenters. The number of piperidine rings is 2. The van der Waals surface area contributed by atoms with Gasteiger partial charge in [-0.25, -0.2) is 4.98 Å². The van der Waals surface area contributed by atoms with E-state index in [1.807, 2.05) is 17.0 Å². The Bertz CT molecular complexity index is 629. The Kier molecular flexibility index (Phi) is 6.35. The van der Waals surface area contributed by atoms with Crippen molar-refractivity contribution in [2.24, 2.45) is 17.6 Å². The summed E-state index contributed by atoms with van der Waals surface area (Å²) in [5.74, 6) is 1.44. The number of amides is 2. The van der Waals surface area contributed by atoms with E-state index in [0.29, 0.717) is 17.4 Å². The van der Waals surface area contributed by atoms with Crippen LogP contribution in [0.15, 0.2) is 18.3 Å². The van der Waals surface area contributed by atoms with Crippen molar-refractivity contribution in [1.29, 1.82) is 0 Å². The first-order valence-electron chi connectivity index (χ1n) is 9.46. The van der Waals surface area contributed by atoms with Crippen molar-refractivity contribution in [2.45, 2.75) is 38.5 Å². The number of halogens is 1. The Hall–Kier alpha value is -1.82. The number of hydrogen-bond donors (Lipinski definition) is 1. The summed E-state index contributed by atoms with van der Waals surface area (Å²) < 4.78 is 0. The summed E-state index contributed by atoms with van der Waals surface area (Å²) in [4.78, 5) is 32.5. The SMILES string of the molecule is NC(=O)CCC1CCCN(C(=O)C2CCN(c3ccc(Cl)cn3)CC2)C1. The molecule has 3 heterocycles. The number of carbonyl (C=O) groups is 2. The molecule has 0 bridgehead atoms. The van der Waals surface area contributed by atoms with Gasteiger partial charge in [0, 0.05) is 44.7 Å². The second-order valence-electron chi connectivity index (χ2n) is 7.39. The summed E-state index contributed by atoms with van der Waals surface area (Å²) in [5.41, 5.74) is 5.25. The fourth-order valence-electron chi connectivity index (χ4n) is 4.02. The number of nitrogens with zero attached hydrogens (tertiary/aromatic N) is 3. The van der Waals surface area contributed by atoms with Crippen LogP contribution in [0.5, 0.6) is 0 Å². The molecule has 0 aromatic carbocycles. The molecule has 0 spiro atoms. The van der Waals surface area contributed by atoms with Gasteiger partial charge in [-0.2, -0.15) is 0 Å². The van der Waals surface area contributed by atoms with E-state index in [1.54, 1.807) is 6.20 Å². The molecule has 1 aromatic heterocycles. The molecule has 26 heavy (non-hydrogen) atoms. The number of likely N-dealkylation sites (tertiary alicyclic amines) is 1. The van der Waals surface area contributed by atoms with E-state index in [9.17, 15) is 9.59 Å². The summed E-state index contributed by atoms with van der Waals surface area (Å²) in [6, 6.07) is 3.78. The molecule has 2 N–H and O–H groups in total. The number of carbonyl (C=O) groups excluding carboxylic acids is 2. The molecule has 2 aliphatic rings. The number of pyridine rings is 1. The molecule has 7 heteroatoms. The second-order valence-corrected chi connectivity index (χ2v) is 7.83. The van der Waals surface area contributed by atoms with Gasteiger partial charge < -0.3 is 15.5 Å². The maximum atomic E-state index is 12.9. The van der Waals surface area contributed by atoms with Crippen molar-refractivity contribution in [3.05, 3.63) is 23.4 Å². The lowest BCUT2D eigenvalue weighted by Gasteiger charge is -2.38. The van der Waals surface area contributed by atoms with Gasteiger partial charge in [0.25, 0.3) is 0 Å². The van der Waals surface area contributed by atoms with Crippen LogP contribution in [-0.2, 0) is 9.59 Å². The van der Waals surface area contributed by atoms with E-state index in [2.05, 4.69) is 9.88 Å². The highest BCUT2D eigenvalue weighted by atomic mass is 35.5. The second kappa shape index (κ2) is 8.71. The smallest absolute Gasteiger partial charge is 0.225 e. The first-order chi connectivity index (χ1) is 12.5. The Labute approximate surface area is 159 Å². The van der Waals surface area contributed by atoms with Gasteiger partial charge in [0.1, 0.15) is 5.82 Å². The Morgan fingerprint density at radius 2 is 1.96 bits per heavy atom. The molecule has 0 radical (unpaired) electrons. The topological polar surface area (TPSA) is 79.5 Å². The Balaban J connectivity index is 1.49. The lowest BCUT2D eigenvalue weighted by atomic mass is 9.90. The standard InChI is InChI=1S/C19H27ClN4O2/c20-16-4-6-18(22-12-16)23-10-7-15(8-11-23)19(26)24-9-1-2-14(13-24)3-5-17(21)25/h4,6,12,14-15H,1-3,5,7-11,13H2,(H2,21,25). The number of anilines is 1. The van der Waals surface area contributed by atoms with Crippen LogP contribution in [-0.4, -0.2) is 47.9 Å². The van der Waals surface area contributed by atoms with Crippen LogP contribution in [0.1, 0.15) is 38.5 Å². The van der Waals surface area contributed by atoms with Crippen LogP contribution in [0.25, 0.3) is 0 Å². The molecule has 3 rings (SSSR count). The molecular weight excluding hydrogens is 352 g/mol. The van der Waals surface area contributed by atoms with E-state index in [0.717, 1.165) is 64.1 Å². The van der Waals surface area contributed by atoms with Gasteiger partial charge >= 0.3 is 0 Å². The van der Waals surface area contributed by atoms with E-state index in [1.165, 1.54) is 0 Å². The maximum absolute atomic E-state index is 12.9. The Morgan fingerprint density at radius 3 is 2.62 bits per heavy atom. The molecule has 1 atom stereocenters. The normalized spacial score (nSPS) is 21.7. The quantitative estimate of drug-likeness (QED) is 0.853. The number of hydrogen-bond acceptors (Lipinski definition) is 4. The molecule has 142 valence electrons. The minimum atomic E-state index is -0.253. The fourth-order valence-corrected chi connectivity index (χ4v) is 4.13. The van der Waals surface area contributed by atoms with Crippen molar-refractivity contribution >= 4 is 29.2 Å². The van der Waals surface area contributed by atoms with Gasteiger partial charge in [0.05, 0.1) is 5.02 Å². The maximum Gasteiger partial charge on any atom is 0.225 e. The molecule has 0 saturated carbocycles. The summed E-state index contributed by atoms with van der Waals surface area (Å²) in [6.07, 6.45) is 6.67. The lowest BCUT2D eigenvalue weighted by molar-refractivity contribution is -0.138. The third-order valence-corrected chi connectivity index (χ3v) is 5.73. The lowest BCUT2D eigenvalue weighted by Crippen LogP contribution is -2.46. The summed E-state index contributed by atoms with van der Waals surface area (Å²) in [6.45, 7) is 3.28. The van der Waals surface area contributed by atoms with Crippen molar-refractivity contribution in [2.75, 3.05) is 31.1 Å². The van der Waals surface area contributed by atoms with Crippen LogP contribution < -0.4 is 10.6 Å². The van der Waals surface area contributed by atoms with Crippen LogP contribution in [0.4, 0.5) is 5.82 Å². The minimum Gasteiger partial charge on any atom is -0.370 e. The molecule has 0 aliphatic carbocycles. The highest BCUT2D eigenvalue weighted by Gasteiger charge is 2.31. The molecule has 6 nitrogen and oxygen atoms in total. The molecule has 2 aliphatic heterocycles. The molecule has 2 saturated heterocycles. The number of rotatable bonds is 5. The zero-order chi connectivity index (χ0) is 18.5. The van der Waals surface area contributed by atoms with E-state index in [-0.39, 0.29) is 17.7 Å². The minimum absolute atomic E-state index is 0.0911. The number of aromatic nitrogens is 1. The van der Waals surface area contributed by atoms with Crippen molar-refractivity contribution < 1.29 is 9.59 Å². The van der Waals surface area contributed by atoms with E-state index >= 15 is 0 Å². The van der Waals surface area contributed by atoms with Gasteiger partial charge in [-0.15, -0.1) is 0 Å². The number of nitrogens with two attached hydrogens (primary N) is 1. The van der Waals surface area contributed by atoms with Gasteiger partial charge in [-0.3, -0.25) is 9.59 Å². The Morgan fingerprint density at radius 1 is 1.19 bits per heavy atom. The highest BCUT2D eigenvalue weighted by Crippen LogP contribution is 2.27. The number of primary amides is 1. The zero-order valence-corrected chi connectivity index (χ0v) is 15.8. The summed E-state index contributed by atoms with van der Waals surface area (Å²) in [7, 11) is 0. The first kappa shape index (κ1) is 19.0. The van der Waals surface area contributed by atoms with Crippen LogP contribution in [0.2, 0.25) is 5.02 Å². The predicted molar refractivity (Wildman–Crippen MR) is 102 cm³/mol. The fraction of sp³-hybridized carbons (Fsp3) is 0.632. The zero-order valence-electron chi connectivity index (χ0n) is 15.1. The van der Waals surface area contributed by atoms with Crippen LogP contribution >= 0.6 is 11.6 Å². The largest absolute Gasteiger partial charge is 0.370 e. The van der Waals surface area contributed by atoms with Crippen molar-refractivity contribution in [1.82, 2.24) is 9.88 Å². The van der Waals surface area contributed by atoms with Gasteiger partial charge in [0.15, 0.2) is 0 Å². The highest BCUT2D eigenvalue weighted by molar-refractivity contribution is 6.30. The molecule has 2 amide bonds. The molecule has 2 fully saturated rings. The average Bonchev–Trinajstić information content (AvgIpc) is 2.67. The third-order valence-electron chi connectivity index (χ3n) is 5.51. The first-order valence-corrected chi connectivity index (χ1v) is 9.84. The summed E-state index contributed by atoms with van der Waals surface area (Å²) >= 11 is 5.90. The van der Waals surface area contributed by atoms with E-state index < -0.39 is 0 Å². The summed E-state index contributed by atoms with van der Waals surface area (Å²) in [5, 5.41) is 0.634. The van der Waals surface area contributed by atoms with E-state index in [4.69, 9.17) is 17.3 Å². The average molecular weight is 379 g/mol. The van der Waals surface area contributed by atoms with Gasteiger partial charge in [0.2, 0.25) is 11.8 Å². The van der Waals surface area contributed by atoms with Crippen LogP contribution in [0, 0.1) is 11.8 Å². The monoisotopic (exact) mass is 378 g/mol. The van der Waals surface area contributed by atoms with Gasteiger partial charge in [-0.1, -0.05) is 11.6 Å². The van der Waals surface area contributed by atoms with Crippen molar-refractivity contribution in [3.63, 3.8) is 0 Å². The van der Waals surface area contributed by atoms with Gasteiger partial charge in [-0.05, 0) is 50.2 Å².